The molecule has 0 aliphatic carbocycles. The van der Waals surface area contributed by atoms with Crippen molar-refractivity contribution in [2.45, 2.75) is 6.42 Å². The van der Waals surface area contributed by atoms with E-state index in [1.165, 1.54) is 7.11 Å². The number of ether oxygens (including phenoxy) is 1. The van der Waals surface area contributed by atoms with Crippen LogP contribution in [0.1, 0.15) is 11.1 Å². The number of aliphatic carboxylic acids is 1. The second-order valence-corrected chi connectivity index (χ2v) is 6.56. The molecule has 1 saturated heterocycles. The van der Waals surface area contributed by atoms with E-state index in [2.05, 4.69) is 6.58 Å². The third kappa shape index (κ3) is 3.77. The van der Waals surface area contributed by atoms with Gasteiger partial charge in [-0.2, -0.15) is 0 Å². The molecular formula is C16H15NO5S2. The number of benzene rings is 1. The molecule has 2 rings (SSSR count). The first kappa shape index (κ1) is 18.0. The van der Waals surface area contributed by atoms with Crippen molar-refractivity contribution in [2.75, 3.05) is 13.7 Å². The maximum Gasteiger partial charge on any atom is 0.323 e. The quantitative estimate of drug-likeness (QED) is 0.455. The maximum atomic E-state index is 12.3. The van der Waals surface area contributed by atoms with E-state index in [4.69, 9.17) is 22.1 Å². The van der Waals surface area contributed by atoms with Gasteiger partial charge in [0.15, 0.2) is 11.5 Å². The molecule has 0 aromatic heterocycles. The van der Waals surface area contributed by atoms with Crippen molar-refractivity contribution in [3.63, 3.8) is 0 Å². The third-order valence-corrected chi connectivity index (χ3v) is 4.60. The number of hydrogen-bond donors (Lipinski definition) is 2. The molecule has 2 N–H and O–H groups in total. The van der Waals surface area contributed by atoms with Gasteiger partial charge in [0.05, 0.1) is 12.0 Å². The number of rotatable bonds is 6. The minimum absolute atomic E-state index is 0.0213. The molecule has 0 bridgehead atoms. The Morgan fingerprint density at radius 3 is 2.79 bits per heavy atom. The summed E-state index contributed by atoms with van der Waals surface area (Å²) in [7, 11) is 1.43. The van der Waals surface area contributed by atoms with Gasteiger partial charge < -0.3 is 14.9 Å². The van der Waals surface area contributed by atoms with E-state index in [0.29, 0.717) is 22.5 Å². The van der Waals surface area contributed by atoms with Crippen LogP contribution in [0.2, 0.25) is 0 Å². The Balaban J connectivity index is 2.39. The average Bonchev–Trinajstić information content (AvgIpc) is 2.77. The number of allylic oxidation sites excluding steroid dienone is 1. The summed E-state index contributed by atoms with van der Waals surface area (Å²) in [5.41, 5.74) is 1.24. The van der Waals surface area contributed by atoms with Gasteiger partial charge in [0.25, 0.3) is 5.91 Å². The summed E-state index contributed by atoms with van der Waals surface area (Å²) >= 11 is 6.09. The Morgan fingerprint density at radius 2 is 2.21 bits per heavy atom. The largest absolute Gasteiger partial charge is 0.504 e. The number of carbonyl (C=O) groups excluding carboxylic acids is 1. The molecule has 6 nitrogen and oxygen atoms in total. The standard InChI is InChI=1S/C16H15NO5S2/c1-3-4-10-5-9(6-11(22-2)14(10)20)7-12-15(21)17(8-13(18)19)16(23)24-12/h3,5-7,20H,1,4,8H2,2H3,(H,18,19)/b12-7-. The van der Waals surface area contributed by atoms with Crippen molar-refractivity contribution >= 4 is 46.3 Å². The SMILES string of the molecule is C=CCc1cc(/C=C2\SC(=S)N(CC(=O)O)C2=O)cc(OC)c1O. The van der Waals surface area contributed by atoms with Gasteiger partial charge in [-0.1, -0.05) is 30.1 Å². The number of hydrogen-bond acceptors (Lipinski definition) is 6. The number of thioether (sulfide) groups is 1. The van der Waals surface area contributed by atoms with Gasteiger partial charge in [-0.05, 0) is 30.2 Å². The molecule has 0 radical (unpaired) electrons. The minimum atomic E-state index is -1.13. The summed E-state index contributed by atoms with van der Waals surface area (Å²) in [6, 6.07) is 3.30. The Hall–Kier alpha value is -2.32. The lowest BCUT2D eigenvalue weighted by Gasteiger charge is -2.11. The van der Waals surface area contributed by atoms with Crippen molar-refractivity contribution in [1.29, 1.82) is 0 Å². The van der Waals surface area contributed by atoms with Gasteiger partial charge in [-0.15, -0.1) is 6.58 Å². The van der Waals surface area contributed by atoms with Crippen LogP contribution in [0.3, 0.4) is 0 Å². The van der Waals surface area contributed by atoms with Crippen LogP contribution in [0.5, 0.6) is 11.5 Å². The van der Waals surface area contributed by atoms with Crippen molar-refractivity contribution in [1.82, 2.24) is 4.90 Å². The summed E-state index contributed by atoms with van der Waals surface area (Å²) in [4.78, 5) is 24.4. The van der Waals surface area contributed by atoms with Crippen molar-refractivity contribution in [3.05, 3.63) is 40.8 Å². The molecule has 1 aliphatic heterocycles. The van der Waals surface area contributed by atoms with E-state index in [9.17, 15) is 14.7 Å². The average molecular weight is 365 g/mol. The number of aromatic hydroxyl groups is 1. The van der Waals surface area contributed by atoms with E-state index >= 15 is 0 Å². The highest BCUT2D eigenvalue weighted by molar-refractivity contribution is 8.26. The molecule has 24 heavy (non-hydrogen) atoms. The minimum Gasteiger partial charge on any atom is -0.504 e. The van der Waals surface area contributed by atoms with Crippen molar-refractivity contribution < 1.29 is 24.5 Å². The van der Waals surface area contributed by atoms with Crippen LogP contribution in [-0.2, 0) is 16.0 Å². The molecule has 0 spiro atoms. The molecule has 0 atom stereocenters. The molecule has 126 valence electrons. The second kappa shape index (κ2) is 7.50. The first-order chi connectivity index (χ1) is 11.4. The lowest BCUT2D eigenvalue weighted by atomic mass is 10.1. The summed E-state index contributed by atoms with van der Waals surface area (Å²) in [6.07, 6.45) is 3.67. The van der Waals surface area contributed by atoms with Gasteiger partial charge in [-0.3, -0.25) is 14.5 Å². The number of amides is 1. The van der Waals surface area contributed by atoms with Gasteiger partial charge in [-0.25, -0.2) is 0 Å². The van der Waals surface area contributed by atoms with Crippen LogP contribution in [-0.4, -0.2) is 45.0 Å². The number of phenolic OH excluding ortho intramolecular Hbond substituents is 1. The summed E-state index contributed by atoms with van der Waals surface area (Å²) < 4.78 is 5.34. The molecule has 1 aromatic carbocycles. The fourth-order valence-corrected chi connectivity index (χ4v) is 3.42. The maximum absolute atomic E-state index is 12.3. The van der Waals surface area contributed by atoms with E-state index < -0.39 is 18.4 Å². The number of thiocarbonyl (C=S) groups is 1. The zero-order valence-corrected chi connectivity index (χ0v) is 14.4. The molecule has 0 saturated carbocycles. The van der Waals surface area contributed by atoms with E-state index in [1.807, 2.05) is 0 Å². The van der Waals surface area contributed by atoms with E-state index in [-0.39, 0.29) is 15.8 Å². The first-order valence-electron chi connectivity index (χ1n) is 6.85. The van der Waals surface area contributed by atoms with Crippen LogP contribution in [0.4, 0.5) is 0 Å². The molecule has 1 amide bonds. The lowest BCUT2D eigenvalue weighted by molar-refractivity contribution is -0.140. The monoisotopic (exact) mass is 365 g/mol. The second-order valence-electron chi connectivity index (χ2n) is 4.89. The molecule has 1 aliphatic rings. The molecule has 8 heteroatoms. The molecule has 1 fully saturated rings. The highest BCUT2D eigenvalue weighted by Crippen LogP contribution is 2.36. The third-order valence-electron chi connectivity index (χ3n) is 3.23. The van der Waals surface area contributed by atoms with Crippen LogP contribution in [0.15, 0.2) is 29.7 Å². The number of carboxylic acids is 1. The van der Waals surface area contributed by atoms with Crippen molar-refractivity contribution in [2.24, 2.45) is 0 Å². The number of carboxylic acid groups (broad SMARTS) is 1. The summed E-state index contributed by atoms with van der Waals surface area (Å²) in [5.74, 6) is -1.29. The lowest BCUT2D eigenvalue weighted by Crippen LogP contribution is -2.33. The first-order valence-corrected chi connectivity index (χ1v) is 8.07. The van der Waals surface area contributed by atoms with Gasteiger partial charge in [0.1, 0.15) is 10.9 Å². The molecule has 1 aromatic rings. The summed E-state index contributed by atoms with van der Waals surface area (Å²) in [6.45, 7) is 3.17. The van der Waals surface area contributed by atoms with E-state index in [1.54, 1.807) is 24.3 Å². The highest BCUT2D eigenvalue weighted by atomic mass is 32.2. The predicted molar refractivity (Wildman–Crippen MR) is 96.1 cm³/mol. The fraction of sp³-hybridized carbons (Fsp3) is 0.188. The van der Waals surface area contributed by atoms with E-state index in [0.717, 1.165) is 16.7 Å². The normalized spacial score (nSPS) is 15.9. The number of nitrogens with zero attached hydrogens (tertiary/aromatic N) is 1. The number of phenols is 1. The molecule has 1 heterocycles. The van der Waals surface area contributed by atoms with Gasteiger partial charge in [0, 0.05) is 5.56 Å². The van der Waals surface area contributed by atoms with Crippen molar-refractivity contribution in [3.8, 4) is 11.5 Å². The predicted octanol–water partition coefficient (Wildman–Crippen LogP) is 2.42. The molecular weight excluding hydrogens is 350 g/mol. The number of carbonyl (C=O) groups is 2. The topological polar surface area (TPSA) is 87.1 Å². The fourth-order valence-electron chi connectivity index (χ4n) is 2.16. The smallest absolute Gasteiger partial charge is 0.323 e. The Kier molecular flexibility index (Phi) is 5.63. The Labute approximate surface area is 148 Å². The highest BCUT2D eigenvalue weighted by Gasteiger charge is 2.33. The Morgan fingerprint density at radius 1 is 1.50 bits per heavy atom. The zero-order chi connectivity index (χ0) is 17.9. The van der Waals surface area contributed by atoms with Gasteiger partial charge in [0.2, 0.25) is 0 Å². The van der Waals surface area contributed by atoms with Crippen LogP contribution >= 0.6 is 24.0 Å². The van der Waals surface area contributed by atoms with Crippen LogP contribution in [0, 0.1) is 0 Å². The number of methoxy groups -OCH3 is 1. The summed E-state index contributed by atoms with van der Waals surface area (Å²) in [5, 5.41) is 18.9. The van der Waals surface area contributed by atoms with Gasteiger partial charge >= 0.3 is 5.97 Å². The Bertz CT molecular complexity index is 757. The van der Waals surface area contributed by atoms with Crippen LogP contribution in [0.25, 0.3) is 6.08 Å². The zero-order valence-electron chi connectivity index (χ0n) is 12.8. The van der Waals surface area contributed by atoms with Crippen LogP contribution < -0.4 is 4.74 Å². The molecule has 0 unspecified atom stereocenters.